The van der Waals surface area contributed by atoms with Gasteiger partial charge >= 0.3 is 0 Å². The zero-order valence-corrected chi connectivity index (χ0v) is 9.26. The van der Waals surface area contributed by atoms with Crippen LogP contribution in [0.3, 0.4) is 0 Å². The van der Waals surface area contributed by atoms with Crippen molar-refractivity contribution in [3.05, 3.63) is 29.3 Å². The van der Waals surface area contributed by atoms with Crippen molar-refractivity contribution < 1.29 is 13.2 Å². The third-order valence-corrected chi connectivity index (χ3v) is 3.04. The highest BCUT2D eigenvalue weighted by Gasteiger charge is 2.14. The number of nitrogens with two attached hydrogens (primary N) is 1. The molecule has 6 heteroatoms. The molecular formula is C9H12N2O3S. The molecule has 0 aliphatic heterocycles. The molecule has 0 fully saturated rings. The van der Waals surface area contributed by atoms with Crippen LogP contribution in [0.15, 0.2) is 23.1 Å². The van der Waals surface area contributed by atoms with E-state index in [1.807, 2.05) is 0 Å². The summed E-state index contributed by atoms with van der Waals surface area (Å²) in [6.07, 6.45) is 0. The second-order valence-corrected chi connectivity index (χ2v) is 4.63. The lowest BCUT2D eigenvalue weighted by Crippen LogP contribution is -2.20. The Morgan fingerprint density at radius 1 is 1.40 bits per heavy atom. The minimum absolute atomic E-state index is 0.0244. The Labute approximate surface area is 88.3 Å². The highest BCUT2D eigenvalue weighted by Crippen LogP contribution is 2.15. The summed E-state index contributed by atoms with van der Waals surface area (Å²) in [5.41, 5.74) is 0.789. The monoisotopic (exact) mass is 228 g/mol. The number of sulfonamides is 1. The molecule has 3 N–H and O–H groups in total. The zero-order chi connectivity index (χ0) is 11.6. The van der Waals surface area contributed by atoms with Gasteiger partial charge in [0.2, 0.25) is 10.0 Å². The summed E-state index contributed by atoms with van der Waals surface area (Å²) in [5, 5.41) is 7.41. The molecule has 0 bridgehead atoms. The number of carbonyl (C=O) groups excluding carboxylic acids is 1. The van der Waals surface area contributed by atoms with E-state index in [2.05, 4.69) is 5.32 Å². The molecule has 0 atom stereocenters. The summed E-state index contributed by atoms with van der Waals surface area (Å²) < 4.78 is 22.3. The van der Waals surface area contributed by atoms with Crippen LogP contribution in [0.4, 0.5) is 0 Å². The van der Waals surface area contributed by atoms with Crippen molar-refractivity contribution in [1.82, 2.24) is 5.32 Å². The summed E-state index contributed by atoms with van der Waals surface area (Å²) in [5.74, 6) is -0.347. The van der Waals surface area contributed by atoms with Gasteiger partial charge in [-0.25, -0.2) is 13.6 Å². The normalized spacial score (nSPS) is 11.1. The fraction of sp³-hybridized carbons (Fsp3) is 0.222. The summed E-state index contributed by atoms with van der Waals surface area (Å²) in [7, 11) is -2.31. The van der Waals surface area contributed by atoms with E-state index >= 15 is 0 Å². The number of primary sulfonamides is 1. The standard InChI is InChI=1S/C9H12N2O3S/c1-6-3-4-7(9(12)11-2)5-8(6)15(10,13)14/h3-5H,1-2H3,(H,11,12)(H2,10,13,14). The first-order valence-corrected chi connectivity index (χ1v) is 5.76. The average Bonchev–Trinajstić information content (AvgIpc) is 2.15. The van der Waals surface area contributed by atoms with E-state index in [0.717, 1.165) is 0 Å². The van der Waals surface area contributed by atoms with Gasteiger partial charge in [0.1, 0.15) is 0 Å². The summed E-state index contributed by atoms with van der Waals surface area (Å²) in [6.45, 7) is 1.62. The fourth-order valence-electron chi connectivity index (χ4n) is 1.19. The lowest BCUT2D eigenvalue weighted by molar-refractivity contribution is 0.0963. The van der Waals surface area contributed by atoms with Gasteiger partial charge in [-0.3, -0.25) is 4.79 Å². The molecule has 0 heterocycles. The number of amides is 1. The predicted octanol–water partition coefficient (Wildman–Crippen LogP) is 0.00202. The molecule has 1 aromatic rings. The van der Waals surface area contributed by atoms with E-state index < -0.39 is 10.0 Å². The maximum atomic E-state index is 11.3. The molecule has 0 unspecified atom stereocenters. The molecule has 1 rings (SSSR count). The summed E-state index contributed by atoms with van der Waals surface area (Å²) >= 11 is 0. The first kappa shape index (κ1) is 11.7. The average molecular weight is 228 g/mol. The van der Waals surface area contributed by atoms with Gasteiger partial charge in [0.05, 0.1) is 4.90 Å². The SMILES string of the molecule is CNC(=O)c1ccc(C)c(S(N)(=O)=O)c1. The second-order valence-electron chi connectivity index (χ2n) is 3.10. The van der Waals surface area contributed by atoms with Crippen molar-refractivity contribution in [2.75, 3.05) is 7.05 Å². The molecule has 0 radical (unpaired) electrons. The van der Waals surface area contributed by atoms with Gasteiger partial charge < -0.3 is 5.32 Å². The molecule has 0 saturated carbocycles. The maximum absolute atomic E-state index is 11.3. The van der Waals surface area contributed by atoms with Crippen LogP contribution in [0.2, 0.25) is 0 Å². The molecule has 0 aliphatic carbocycles. The van der Waals surface area contributed by atoms with Crippen LogP contribution in [0.25, 0.3) is 0 Å². The maximum Gasteiger partial charge on any atom is 0.251 e. The number of hydrogen-bond acceptors (Lipinski definition) is 3. The summed E-state index contributed by atoms with van der Waals surface area (Å²) in [6, 6.07) is 4.36. The number of benzene rings is 1. The van der Waals surface area contributed by atoms with Gasteiger partial charge in [-0.2, -0.15) is 0 Å². The number of nitrogens with one attached hydrogen (secondary N) is 1. The third-order valence-electron chi connectivity index (χ3n) is 1.98. The predicted molar refractivity (Wildman–Crippen MR) is 55.9 cm³/mol. The minimum Gasteiger partial charge on any atom is -0.355 e. The van der Waals surface area contributed by atoms with Gasteiger partial charge in [-0.1, -0.05) is 6.07 Å². The molecule has 15 heavy (non-hydrogen) atoms. The Morgan fingerprint density at radius 3 is 2.47 bits per heavy atom. The van der Waals surface area contributed by atoms with Crippen molar-refractivity contribution in [3.8, 4) is 0 Å². The number of rotatable bonds is 2. The van der Waals surface area contributed by atoms with Crippen LogP contribution in [0, 0.1) is 6.92 Å². The summed E-state index contributed by atoms with van der Waals surface area (Å²) in [4.78, 5) is 11.2. The molecule has 82 valence electrons. The lowest BCUT2D eigenvalue weighted by Gasteiger charge is -2.05. The zero-order valence-electron chi connectivity index (χ0n) is 8.44. The first-order chi connectivity index (χ1) is 6.86. The van der Waals surface area contributed by atoms with E-state index in [-0.39, 0.29) is 16.4 Å². The fourth-order valence-corrected chi connectivity index (χ4v) is 2.00. The quantitative estimate of drug-likeness (QED) is 0.746. The molecule has 0 saturated heterocycles. The van der Waals surface area contributed by atoms with Crippen LogP contribution in [-0.2, 0) is 10.0 Å². The van der Waals surface area contributed by atoms with Crippen LogP contribution in [0.1, 0.15) is 15.9 Å². The molecule has 0 spiro atoms. The van der Waals surface area contributed by atoms with Gasteiger partial charge in [0.15, 0.2) is 0 Å². The molecular weight excluding hydrogens is 216 g/mol. The van der Waals surface area contributed by atoms with Crippen LogP contribution < -0.4 is 10.5 Å². The van der Waals surface area contributed by atoms with Crippen LogP contribution in [0.5, 0.6) is 0 Å². The van der Waals surface area contributed by atoms with Gasteiger partial charge in [0, 0.05) is 12.6 Å². The molecule has 5 nitrogen and oxygen atoms in total. The third kappa shape index (κ3) is 2.54. The number of aryl methyl sites for hydroxylation is 1. The topological polar surface area (TPSA) is 89.3 Å². The van der Waals surface area contributed by atoms with Crippen molar-refractivity contribution in [3.63, 3.8) is 0 Å². The number of hydrogen-bond donors (Lipinski definition) is 2. The second kappa shape index (κ2) is 4.00. The van der Waals surface area contributed by atoms with Gasteiger partial charge in [0.25, 0.3) is 5.91 Å². The van der Waals surface area contributed by atoms with E-state index in [9.17, 15) is 13.2 Å². The van der Waals surface area contributed by atoms with Crippen LogP contribution >= 0.6 is 0 Å². The molecule has 0 aromatic heterocycles. The Kier molecular flexibility index (Phi) is 3.11. The van der Waals surface area contributed by atoms with E-state index in [0.29, 0.717) is 5.56 Å². The van der Waals surface area contributed by atoms with Crippen molar-refractivity contribution >= 4 is 15.9 Å². The van der Waals surface area contributed by atoms with Crippen molar-refractivity contribution in [2.45, 2.75) is 11.8 Å². The Bertz CT molecular complexity index is 494. The Hall–Kier alpha value is -1.40. The Balaban J connectivity index is 3.36. The van der Waals surface area contributed by atoms with E-state index in [4.69, 9.17) is 5.14 Å². The van der Waals surface area contributed by atoms with E-state index in [1.165, 1.54) is 13.1 Å². The van der Waals surface area contributed by atoms with E-state index in [1.54, 1.807) is 19.1 Å². The largest absolute Gasteiger partial charge is 0.355 e. The van der Waals surface area contributed by atoms with Crippen molar-refractivity contribution in [1.29, 1.82) is 0 Å². The first-order valence-electron chi connectivity index (χ1n) is 4.22. The van der Waals surface area contributed by atoms with Gasteiger partial charge in [-0.05, 0) is 24.6 Å². The molecule has 1 amide bonds. The van der Waals surface area contributed by atoms with Crippen molar-refractivity contribution in [2.24, 2.45) is 5.14 Å². The highest BCUT2D eigenvalue weighted by molar-refractivity contribution is 7.89. The molecule has 0 aliphatic rings. The van der Waals surface area contributed by atoms with Crippen LogP contribution in [-0.4, -0.2) is 21.4 Å². The minimum atomic E-state index is -3.78. The highest BCUT2D eigenvalue weighted by atomic mass is 32.2. The molecule has 1 aromatic carbocycles. The smallest absolute Gasteiger partial charge is 0.251 e. The lowest BCUT2D eigenvalue weighted by atomic mass is 10.1. The Morgan fingerprint density at radius 2 is 2.00 bits per heavy atom. The van der Waals surface area contributed by atoms with Gasteiger partial charge in [-0.15, -0.1) is 0 Å². The number of carbonyl (C=O) groups is 1.